The largest absolute Gasteiger partial charge is 0.371 e. The van der Waals surface area contributed by atoms with E-state index in [1.54, 1.807) is 0 Å². The Hall–Kier alpha value is -1.22. The number of rotatable bonds is 0. The van der Waals surface area contributed by atoms with Crippen LogP contribution in [0.1, 0.15) is 0 Å². The summed E-state index contributed by atoms with van der Waals surface area (Å²) in [4.78, 5) is 7.40. The van der Waals surface area contributed by atoms with E-state index in [2.05, 4.69) is 53.1 Å². The van der Waals surface area contributed by atoms with Crippen molar-refractivity contribution >= 4 is 11.4 Å². The minimum atomic E-state index is 0.652. The molecule has 2 aliphatic rings. The molecule has 3 rings (SSSR count). The van der Waals surface area contributed by atoms with Crippen LogP contribution in [0.25, 0.3) is 0 Å². The number of para-hydroxylation sites is 2. The fourth-order valence-electron chi connectivity index (χ4n) is 2.93. The summed E-state index contributed by atoms with van der Waals surface area (Å²) in [6, 6.07) is 9.41. The predicted octanol–water partition coefficient (Wildman–Crippen LogP) is 1.26. The van der Waals surface area contributed by atoms with Crippen molar-refractivity contribution in [3.05, 3.63) is 24.3 Å². The Bertz CT molecular complexity index is 391. The van der Waals surface area contributed by atoms with E-state index in [0.717, 1.165) is 13.1 Å². The molecule has 1 aromatic carbocycles. The topological polar surface area (TPSA) is 9.72 Å². The van der Waals surface area contributed by atoms with Crippen LogP contribution in [0.3, 0.4) is 0 Å². The zero-order valence-corrected chi connectivity index (χ0v) is 10.1. The quantitative estimate of drug-likeness (QED) is 0.648. The smallest absolute Gasteiger partial charge is 0.0608 e. The van der Waals surface area contributed by atoms with Crippen molar-refractivity contribution in [3.63, 3.8) is 0 Å². The van der Waals surface area contributed by atoms with E-state index in [9.17, 15) is 0 Å². The molecule has 1 aromatic rings. The van der Waals surface area contributed by atoms with Crippen LogP contribution >= 0.6 is 0 Å². The molecule has 16 heavy (non-hydrogen) atoms. The molecule has 0 spiro atoms. The molecule has 0 saturated carbocycles. The average Bonchev–Trinajstić information content (AvgIpc) is 2.29. The third-order valence-electron chi connectivity index (χ3n) is 3.77. The maximum atomic E-state index is 2.58. The average molecular weight is 217 g/mol. The number of fused-ring (bicyclic) bond motifs is 3. The Morgan fingerprint density at radius 2 is 1.75 bits per heavy atom. The number of hydrogen-bond donors (Lipinski definition) is 0. The fraction of sp³-hybridized carbons (Fsp3) is 0.538. The molecule has 2 aliphatic heterocycles. The Labute approximate surface area is 97.3 Å². The van der Waals surface area contributed by atoms with Gasteiger partial charge < -0.3 is 14.7 Å². The van der Waals surface area contributed by atoms with Gasteiger partial charge in [0.2, 0.25) is 0 Å². The first kappa shape index (κ1) is 9.97. The molecular formula is C13H19N3. The molecule has 0 radical (unpaired) electrons. The molecule has 0 N–H and O–H groups in total. The summed E-state index contributed by atoms with van der Waals surface area (Å²) >= 11 is 0. The number of benzene rings is 1. The van der Waals surface area contributed by atoms with Crippen LogP contribution in [0, 0.1) is 0 Å². The summed E-state index contributed by atoms with van der Waals surface area (Å²) in [6.07, 6.45) is 0. The van der Waals surface area contributed by atoms with Gasteiger partial charge in [-0.15, -0.1) is 0 Å². The number of nitrogens with zero attached hydrogens (tertiary/aromatic N) is 3. The molecule has 86 valence electrons. The van der Waals surface area contributed by atoms with Gasteiger partial charge >= 0.3 is 0 Å². The molecule has 1 unspecified atom stereocenters. The fourth-order valence-corrected chi connectivity index (χ4v) is 2.93. The minimum Gasteiger partial charge on any atom is -0.371 e. The maximum absolute atomic E-state index is 2.58. The zero-order valence-electron chi connectivity index (χ0n) is 10.1. The van der Waals surface area contributed by atoms with E-state index in [0.29, 0.717) is 6.04 Å². The first-order valence-electron chi connectivity index (χ1n) is 6.01. The van der Waals surface area contributed by atoms with E-state index < -0.39 is 0 Å². The van der Waals surface area contributed by atoms with Gasteiger partial charge in [-0.05, 0) is 19.2 Å². The third-order valence-corrected chi connectivity index (χ3v) is 3.77. The van der Waals surface area contributed by atoms with E-state index in [-0.39, 0.29) is 0 Å². The molecule has 2 heterocycles. The lowest BCUT2D eigenvalue weighted by Crippen LogP contribution is -2.58. The predicted molar refractivity (Wildman–Crippen MR) is 68.3 cm³/mol. The Morgan fingerprint density at radius 1 is 1.00 bits per heavy atom. The second-order valence-electron chi connectivity index (χ2n) is 4.98. The van der Waals surface area contributed by atoms with Crippen molar-refractivity contribution in [2.45, 2.75) is 6.04 Å². The summed E-state index contributed by atoms with van der Waals surface area (Å²) in [5.74, 6) is 0. The molecule has 3 heteroatoms. The maximum Gasteiger partial charge on any atom is 0.0608 e. The highest BCUT2D eigenvalue weighted by atomic mass is 15.3. The van der Waals surface area contributed by atoms with Gasteiger partial charge in [-0.2, -0.15) is 0 Å². The van der Waals surface area contributed by atoms with Crippen molar-refractivity contribution in [2.75, 3.05) is 50.1 Å². The number of anilines is 2. The molecule has 0 aromatic heterocycles. The van der Waals surface area contributed by atoms with Crippen molar-refractivity contribution < 1.29 is 0 Å². The summed E-state index contributed by atoms with van der Waals surface area (Å²) in [5.41, 5.74) is 2.79. The normalized spacial score (nSPS) is 25.2. The Morgan fingerprint density at radius 3 is 2.56 bits per heavy atom. The Balaban J connectivity index is 1.98. The summed E-state index contributed by atoms with van der Waals surface area (Å²) in [7, 11) is 4.42. The summed E-state index contributed by atoms with van der Waals surface area (Å²) < 4.78 is 0. The lowest BCUT2D eigenvalue weighted by Gasteiger charge is -2.48. The first-order valence-corrected chi connectivity index (χ1v) is 6.01. The van der Waals surface area contributed by atoms with Crippen LogP contribution in [-0.4, -0.2) is 51.2 Å². The Kier molecular flexibility index (Phi) is 2.28. The molecule has 3 nitrogen and oxygen atoms in total. The van der Waals surface area contributed by atoms with Gasteiger partial charge in [-0.1, -0.05) is 12.1 Å². The van der Waals surface area contributed by atoms with Crippen molar-refractivity contribution in [3.8, 4) is 0 Å². The second-order valence-corrected chi connectivity index (χ2v) is 4.98. The molecular weight excluding hydrogens is 198 g/mol. The highest BCUT2D eigenvalue weighted by Crippen LogP contribution is 2.35. The van der Waals surface area contributed by atoms with Gasteiger partial charge in [0.05, 0.1) is 17.4 Å². The van der Waals surface area contributed by atoms with Gasteiger partial charge in [-0.25, -0.2) is 0 Å². The highest BCUT2D eigenvalue weighted by Gasteiger charge is 2.32. The standard InChI is InChI=1S/C13H19N3/c1-14-7-8-16-11(9-14)10-15(2)12-5-3-4-6-13(12)16/h3-6,11H,7-10H2,1-2H3. The summed E-state index contributed by atoms with van der Waals surface area (Å²) in [6.45, 7) is 4.65. The molecule has 1 fully saturated rings. The lowest BCUT2D eigenvalue weighted by molar-refractivity contribution is 0.265. The molecule has 1 atom stereocenters. The minimum absolute atomic E-state index is 0.652. The number of piperazine rings is 1. The van der Waals surface area contributed by atoms with Crippen LogP contribution in [-0.2, 0) is 0 Å². The van der Waals surface area contributed by atoms with E-state index in [1.165, 1.54) is 24.5 Å². The zero-order chi connectivity index (χ0) is 11.1. The van der Waals surface area contributed by atoms with Crippen LogP contribution in [0.2, 0.25) is 0 Å². The van der Waals surface area contributed by atoms with Crippen LogP contribution in [0.5, 0.6) is 0 Å². The van der Waals surface area contributed by atoms with Gasteiger partial charge in [0, 0.05) is 33.2 Å². The third kappa shape index (κ3) is 1.47. The first-order chi connectivity index (χ1) is 7.75. The number of hydrogen-bond acceptors (Lipinski definition) is 3. The SMILES string of the molecule is CN1CCN2c3ccccc3N(C)CC2C1. The van der Waals surface area contributed by atoms with Crippen LogP contribution in [0.4, 0.5) is 11.4 Å². The van der Waals surface area contributed by atoms with Crippen LogP contribution < -0.4 is 9.80 Å². The van der Waals surface area contributed by atoms with Crippen molar-refractivity contribution in [1.82, 2.24) is 4.90 Å². The van der Waals surface area contributed by atoms with Gasteiger partial charge in [0.1, 0.15) is 0 Å². The molecule has 0 amide bonds. The van der Waals surface area contributed by atoms with Crippen molar-refractivity contribution in [2.24, 2.45) is 0 Å². The van der Waals surface area contributed by atoms with E-state index in [1.807, 2.05) is 0 Å². The molecule has 1 saturated heterocycles. The van der Waals surface area contributed by atoms with Gasteiger partial charge in [0.25, 0.3) is 0 Å². The lowest BCUT2D eigenvalue weighted by atomic mass is 10.0. The molecule has 0 bridgehead atoms. The number of likely N-dealkylation sites (N-methyl/N-ethyl adjacent to an activating group) is 2. The van der Waals surface area contributed by atoms with E-state index in [4.69, 9.17) is 0 Å². The van der Waals surface area contributed by atoms with Crippen LogP contribution in [0.15, 0.2) is 24.3 Å². The highest BCUT2D eigenvalue weighted by molar-refractivity contribution is 5.74. The van der Waals surface area contributed by atoms with Crippen molar-refractivity contribution in [1.29, 1.82) is 0 Å². The van der Waals surface area contributed by atoms with E-state index >= 15 is 0 Å². The molecule has 0 aliphatic carbocycles. The van der Waals surface area contributed by atoms with Gasteiger partial charge in [0.15, 0.2) is 0 Å². The summed E-state index contributed by atoms with van der Waals surface area (Å²) in [5, 5.41) is 0. The van der Waals surface area contributed by atoms with Gasteiger partial charge in [-0.3, -0.25) is 0 Å². The second kappa shape index (κ2) is 3.67. The monoisotopic (exact) mass is 217 g/mol.